The predicted octanol–water partition coefficient (Wildman–Crippen LogP) is -0.742. The van der Waals surface area contributed by atoms with Gasteiger partial charge in [0.2, 0.25) is 5.97 Å². The fourth-order valence-corrected chi connectivity index (χ4v) is 1.86. The summed E-state index contributed by atoms with van der Waals surface area (Å²) in [4.78, 5) is 0. The third-order valence-corrected chi connectivity index (χ3v) is 3.33. The zero-order valence-corrected chi connectivity index (χ0v) is 8.29. The molecule has 0 rings (SSSR count). The smallest absolute Gasteiger partial charge is 0.309 e. The lowest BCUT2D eigenvalue weighted by Crippen LogP contribution is -2.24. The molecule has 7 nitrogen and oxygen atoms in total. The van der Waals surface area contributed by atoms with Crippen molar-refractivity contribution in [3.05, 3.63) is 0 Å². The molecule has 0 saturated heterocycles. The summed E-state index contributed by atoms with van der Waals surface area (Å²) in [6.45, 7) is 0. The van der Waals surface area contributed by atoms with Crippen molar-refractivity contribution in [1.82, 2.24) is 0 Å². The molecule has 0 aliphatic carbocycles. The Bertz CT molecular complexity index is 235. The molecule has 0 aromatic rings. The van der Waals surface area contributed by atoms with Crippen LogP contribution in [-0.4, -0.2) is 28.6 Å². The first kappa shape index (κ1) is 12.0. The molecule has 0 heterocycles. The molecule has 0 aromatic carbocycles. The van der Waals surface area contributed by atoms with Crippen LogP contribution in [0.5, 0.6) is 0 Å². The van der Waals surface area contributed by atoms with Crippen LogP contribution in [0.4, 0.5) is 0 Å². The summed E-state index contributed by atoms with van der Waals surface area (Å²) in [6, 6.07) is 0. The highest BCUT2D eigenvalue weighted by atomic mass is 32.2. The molecular weight excluding hydrogens is 209 g/mol. The van der Waals surface area contributed by atoms with Crippen molar-refractivity contribution in [3.8, 4) is 0 Å². The van der Waals surface area contributed by atoms with Crippen molar-refractivity contribution < 1.29 is 26.2 Å². The van der Waals surface area contributed by atoms with E-state index in [0.717, 1.165) is 14.2 Å². The first-order chi connectivity index (χ1) is 5.46. The second-order valence-electron chi connectivity index (χ2n) is 1.62. The number of thiol groups is 1. The van der Waals surface area contributed by atoms with Gasteiger partial charge >= 0.3 is 7.60 Å². The summed E-state index contributed by atoms with van der Waals surface area (Å²) in [5, 5.41) is 0. The average molecular weight is 219 g/mol. The Labute approximate surface area is 71.5 Å². The minimum atomic E-state index is -3.65. The molecule has 0 saturated carbocycles. The molecule has 0 aliphatic heterocycles. The van der Waals surface area contributed by atoms with Crippen molar-refractivity contribution >= 4 is 18.6 Å². The Morgan fingerprint density at radius 2 is 1.75 bits per heavy atom. The van der Waals surface area contributed by atoms with E-state index in [2.05, 4.69) is 13.2 Å². The molecular formula is C3H10NO6PS. The molecule has 0 bridgehead atoms. The van der Waals surface area contributed by atoms with Crippen LogP contribution in [0.1, 0.15) is 0 Å². The van der Waals surface area contributed by atoms with E-state index in [4.69, 9.17) is 5.73 Å². The fraction of sp³-hybridized carbons (Fsp3) is 1.00. The van der Waals surface area contributed by atoms with E-state index in [-0.39, 0.29) is 0 Å². The van der Waals surface area contributed by atoms with Gasteiger partial charge < -0.3 is 9.05 Å². The molecule has 1 atom stereocenters. The van der Waals surface area contributed by atoms with E-state index in [1.165, 1.54) is 0 Å². The zero-order valence-electron chi connectivity index (χ0n) is 6.50. The van der Waals surface area contributed by atoms with Gasteiger partial charge in [-0.25, -0.2) is 12.6 Å². The second kappa shape index (κ2) is 4.90. The largest absolute Gasteiger partial charge is 0.374 e. The monoisotopic (exact) mass is 219 g/mol. The van der Waals surface area contributed by atoms with Gasteiger partial charge in [-0.3, -0.25) is 10.3 Å². The molecule has 0 aliphatic rings. The van der Waals surface area contributed by atoms with Gasteiger partial charge in [0, 0.05) is 14.2 Å². The van der Waals surface area contributed by atoms with Crippen LogP contribution >= 0.6 is 7.60 Å². The molecule has 1 unspecified atom stereocenters. The zero-order chi connectivity index (χ0) is 9.78. The second-order valence-corrected chi connectivity index (χ2v) is 4.60. The minimum Gasteiger partial charge on any atom is -0.309 e. The van der Waals surface area contributed by atoms with Crippen molar-refractivity contribution in [2.24, 2.45) is 5.73 Å². The summed E-state index contributed by atoms with van der Waals surface area (Å²) >= 11 is 0. The summed E-state index contributed by atoms with van der Waals surface area (Å²) in [5.41, 5.74) is 5.06. The molecule has 0 spiro atoms. The van der Waals surface area contributed by atoms with Gasteiger partial charge in [0.1, 0.15) is 0 Å². The third-order valence-electron chi connectivity index (χ3n) is 1.01. The topological polar surface area (TPSA) is 105 Å². The Hall–Kier alpha value is 0.0200. The first-order valence-corrected chi connectivity index (χ1v) is 5.45. The summed E-state index contributed by atoms with van der Waals surface area (Å²) in [6.07, 6.45) is 0. The Kier molecular flexibility index (Phi) is 4.91. The van der Waals surface area contributed by atoms with Crippen LogP contribution in [0.2, 0.25) is 0 Å². The molecule has 9 heteroatoms. The van der Waals surface area contributed by atoms with Crippen molar-refractivity contribution in [2.45, 2.75) is 5.97 Å². The summed E-state index contributed by atoms with van der Waals surface area (Å²) < 4.78 is 44.0. The normalized spacial score (nSPS) is 15.0. The van der Waals surface area contributed by atoms with Crippen LogP contribution in [-0.2, 0) is 28.8 Å². The summed E-state index contributed by atoms with van der Waals surface area (Å²) in [7, 11) is -4.68. The SMILES string of the molecule is COP(=O)(OC)C(N)O[SH](=O)=O. The standard InChI is InChI=1S/C3H10NO6PS/c1-8-11(5,9-2)3(4)10-12(6)7/h3,12H,4H2,1-2H3. The minimum absolute atomic E-state index is 1.07. The highest BCUT2D eigenvalue weighted by Crippen LogP contribution is 2.49. The van der Waals surface area contributed by atoms with E-state index in [9.17, 15) is 13.0 Å². The highest BCUT2D eigenvalue weighted by Gasteiger charge is 2.32. The van der Waals surface area contributed by atoms with Gasteiger partial charge in [-0.2, -0.15) is 0 Å². The number of nitrogens with two attached hydrogens (primary N) is 1. The van der Waals surface area contributed by atoms with E-state index in [0.29, 0.717) is 0 Å². The maximum atomic E-state index is 11.2. The lowest BCUT2D eigenvalue weighted by Gasteiger charge is -2.17. The van der Waals surface area contributed by atoms with Gasteiger partial charge in [-0.1, -0.05) is 0 Å². The third kappa shape index (κ3) is 3.18. The van der Waals surface area contributed by atoms with Crippen LogP contribution in [0.25, 0.3) is 0 Å². The van der Waals surface area contributed by atoms with Gasteiger partial charge in [0.15, 0.2) is 0 Å². The van der Waals surface area contributed by atoms with Crippen molar-refractivity contribution in [2.75, 3.05) is 14.2 Å². The van der Waals surface area contributed by atoms with Gasteiger partial charge in [0.05, 0.1) is 0 Å². The maximum absolute atomic E-state index is 11.2. The Morgan fingerprint density at radius 3 is 2.00 bits per heavy atom. The molecule has 0 radical (unpaired) electrons. The highest BCUT2D eigenvalue weighted by molar-refractivity contribution is 7.68. The van der Waals surface area contributed by atoms with Crippen LogP contribution in [0.3, 0.4) is 0 Å². The van der Waals surface area contributed by atoms with Crippen LogP contribution in [0, 0.1) is 0 Å². The number of hydrogen-bond acceptors (Lipinski definition) is 7. The average Bonchev–Trinajstić information content (AvgIpc) is 2.02. The van der Waals surface area contributed by atoms with Gasteiger partial charge in [0.25, 0.3) is 11.0 Å². The summed E-state index contributed by atoms with van der Waals surface area (Å²) in [5.74, 6) is -1.62. The van der Waals surface area contributed by atoms with E-state index < -0.39 is 24.5 Å². The van der Waals surface area contributed by atoms with E-state index in [1.54, 1.807) is 0 Å². The Morgan fingerprint density at radius 1 is 1.33 bits per heavy atom. The van der Waals surface area contributed by atoms with Crippen molar-refractivity contribution in [3.63, 3.8) is 0 Å². The van der Waals surface area contributed by atoms with Gasteiger partial charge in [-0.05, 0) is 0 Å². The lowest BCUT2D eigenvalue weighted by atomic mass is 11.4. The quantitative estimate of drug-likeness (QED) is 0.356. The molecule has 74 valence electrons. The Balaban J connectivity index is 4.42. The van der Waals surface area contributed by atoms with Crippen molar-refractivity contribution in [1.29, 1.82) is 0 Å². The lowest BCUT2D eigenvalue weighted by molar-refractivity contribution is 0.202. The molecule has 0 aromatic heterocycles. The predicted molar refractivity (Wildman–Crippen MR) is 41.0 cm³/mol. The molecule has 2 N–H and O–H groups in total. The molecule has 0 amide bonds. The van der Waals surface area contributed by atoms with Crippen LogP contribution < -0.4 is 5.73 Å². The number of rotatable bonds is 5. The molecule has 0 fully saturated rings. The number of hydrogen-bond donors (Lipinski definition) is 2. The van der Waals surface area contributed by atoms with Gasteiger partial charge in [-0.15, -0.1) is 0 Å². The maximum Gasteiger partial charge on any atom is 0.374 e. The van der Waals surface area contributed by atoms with E-state index >= 15 is 0 Å². The fourth-order valence-electron chi connectivity index (χ4n) is 0.428. The van der Waals surface area contributed by atoms with Crippen LogP contribution in [0.15, 0.2) is 0 Å². The van der Waals surface area contributed by atoms with E-state index in [1.807, 2.05) is 0 Å². The first-order valence-electron chi connectivity index (χ1n) is 2.74. The molecule has 12 heavy (non-hydrogen) atoms.